The summed E-state index contributed by atoms with van der Waals surface area (Å²) in [6.07, 6.45) is -0.189. The van der Waals surface area contributed by atoms with Crippen LogP contribution in [0, 0.1) is 0 Å². The molecule has 0 saturated carbocycles. The van der Waals surface area contributed by atoms with Crippen molar-refractivity contribution in [3.63, 3.8) is 0 Å². The molecule has 0 unspecified atom stereocenters. The molecule has 0 amide bonds. The van der Waals surface area contributed by atoms with Crippen molar-refractivity contribution < 1.29 is 22.6 Å². The highest BCUT2D eigenvalue weighted by Crippen LogP contribution is 2.38. The average molecular weight is 569 g/mol. The number of halogens is 3. The zero-order valence-corrected chi connectivity index (χ0v) is 21.4. The first-order chi connectivity index (χ1) is 20.3. The third-order valence-corrected chi connectivity index (χ3v) is 5.98. The first-order valence-electron chi connectivity index (χ1n) is 12.4. The van der Waals surface area contributed by atoms with Gasteiger partial charge in [-0.05, 0) is 36.4 Å². The maximum atomic E-state index is 13.0. The molecular weight excluding hydrogens is 549 g/mol. The Morgan fingerprint density at radius 3 is 2.31 bits per heavy atom. The van der Waals surface area contributed by atoms with Crippen LogP contribution in [0.25, 0.3) is 33.3 Å². The van der Waals surface area contributed by atoms with E-state index in [1.807, 2.05) is 0 Å². The topological polar surface area (TPSA) is 134 Å². The minimum Gasteiger partial charge on any atom is -0.420 e. The van der Waals surface area contributed by atoms with E-state index in [-0.39, 0.29) is 34.7 Å². The fourth-order valence-corrected chi connectivity index (χ4v) is 4.21. The number of nitrogen functional groups attached to an aromatic ring is 1. The summed E-state index contributed by atoms with van der Waals surface area (Å²) in [6.45, 7) is 0. The van der Waals surface area contributed by atoms with E-state index in [1.54, 1.807) is 73.1 Å². The van der Waals surface area contributed by atoms with Gasteiger partial charge in [0, 0.05) is 34.8 Å². The predicted octanol–water partition coefficient (Wildman–Crippen LogP) is 6.56. The standard InChI is InChI=1S/C29H19F3N8O2/c30-29(31,32)42-23-10-4-3-8-21(23)25-18-6-1-2-7-19(18)26(40-39-25)37-17-11-12-24(36-16-17)41-27-20(9-5-14-34-27)22-13-15-35-28(33)38-22/h1-16H,(H,37,40)(H2,33,35,38). The fraction of sp³-hybridized carbons (Fsp3) is 0.0345. The van der Waals surface area contributed by atoms with Gasteiger partial charge in [-0.3, -0.25) is 0 Å². The maximum absolute atomic E-state index is 13.0. The largest absolute Gasteiger partial charge is 0.573 e. The van der Waals surface area contributed by atoms with Crippen LogP contribution in [0.5, 0.6) is 17.5 Å². The van der Waals surface area contributed by atoms with Gasteiger partial charge in [-0.15, -0.1) is 23.4 Å². The second kappa shape index (κ2) is 11.0. The number of rotatable bonds is 7. The molecule has 0 bridgehead atoms. The summed E-state index contributed by atoms with van der Waals surface area (Å²) in [7, 11) is 0. The minimum absolute atomic E-state index is 0.123. The van der Waals surface area contributed by atoms with Crippen LogP contribution in [0.3, 0.4) is 0 Å². The number of para-hydroxylation sites is 1. The smallest absolute Gasteiger partial charge is 0.420 e. The van der Waals surface area contributed by atoms with E-state index >= 15 is 0 Å². The van der Waals surface area contributed by atoms with Crippen LogP contribution in [-0.2, 0) is 0 Å². The van der Waals surface area contributed by atoms with Gasteiger partial charge >= 0.3 is 6.36 Å². The highest BCUT2D eigenvalue weighted by Gasteiger charge is 2.32. The zero-order chi connectivity index (χ0) is 29.1. The van der Waals surface area contributed by atoms with E-state index in [0.29, 0.717) is 33.5 Å². The molecule has 0 fully saturated rings. The molecule has 0 aliphatic carbocycles. The van der Waals surface area contributed by atoms with Gasteiger partial charge < -0.3 is 20.5 Å². The Bertz CT molecular complexity index is 1880. The van der Waals surface area contributed by atoms with Crippen molar-refractivity contribution in [3.05, 3.63) is 97.5 Å². The lowest BCUT2D eigenvalue weighted by Crippen LogP contribution is -2.17. The molecule has 4 aromatic heterocycles. The van der Waals surface area contributed by atoms with Gasteiger partial charge in [-0.25, -0.2) is 19.9 Å². The molecule has 0 radical (unpaired) electrons. The molecule has 0 spiro atoms. The normalized spacial score (nSPS) is 11.3. The Labute approximate surface area is 236 Å². The molecule has 6 rings (SSSR count). The van der Waals surface area contributed by atoms with Crippen molar-refractivity contribution in [2.45, 2.75) is 6.36 Å². The molecule has 208 valence electrons. The van der Waals surface area contributed by atoms with Crippen LogP contribution in [-0.4, -0.2) is 36.5 Å². The van der Waals surface area contributed by atoms with E-state index in [1.165, 1.54) is 24.4 Å². The molecule has 10 nitrogen and oxygen atoms in total. The number of hydrogen-bond acceptors (Lipinski definition) is 10. The van der Waals surface area contributed by atoms with Crippen molar-refractivity contribution in [2.24, 2.45) is 0 Å². The number of ether oxygens (including phenoxy) is 2. The lowest BCUT2D eigenvalue weighted by atomic mass is 10.0. The quantitative estimate of drug-likeness (QED) is 0.218. The number of hydrogen-bond donors (Lipinski definition) is 2. The lowest BCUT2D eigenvalue weighted by molar-refractivity contribution is -0.274. The van der Waals surface area contributed by atoms with Gasteiger partial charge in [0.25, 0.3) is 0 Å². The van der Waals surface area contributed by atoms with E-state index in [9.17, 15) is 13.2 Å². The lowest BCUT2D eigenvalue weighted by Gasteiger charge is -2.15. The van der Waals surface area contributed by atoms with E-state index in [2.05, 4.69) is 40.2 Å². The molecule has 0 aliphatic heterocycles. The second-order valence-corrected chi connectivity index (χ2v) is 8.76. The summed E-state index contributed by atoms with van der Waals surface area (Å²) in [5, 5.41) is 12.9. The van der Waals surface area contributed by atoms with E-state index < -0.39 is 6.36 Å². The molecule has 0 atom stereocenters. The third kappa shape index (κ3) is 5.70. The van der Waals surface area contributed by atoms with Gasteiger partial charge in [-0.2, -0.15) is 0 Å². The van der Waals surface area contributed by atoms with E-state index in [0.717, 1.165) is 0 Å². The second-order valence-electron chi connectivity index (χ2n) is 8.76. The number of alkyl halides is 3. The molecule has 13 heteroatoms. The number of nitrogens with zero attached hydrogens (tertiary/aromatic N) is 6. The van der Waals surface area contributed by atoms with Gasteiger partial charge in [-0.1, -0.05) is 36.4 Å². The van der Waals surface area contributed by atoms with Crippen molar-refractivity contribution in [3.8, 4) is 40.0 Å². The molecule has 4 heterocycles. The molecule has 0 aliphatic rings. The number of aromatic nitrogens is 6. The Hall–Kier alpha value is -5.85. The van der Waals surface area contributed by atoms with Crippen LogP contribution >= 0.6 is 0 Å². The summed E-state index contributed by atoms with van der Waals surface area (Å²) in [5.74, 6) is 0.691. The average Bonchev–Trinajstić information content (AvgIpc) is 2.98. The van der Waals surface area contributed by atoms with Crippen LogP contribution in [0.2, 0.25) is 0 Å². The molecule has 0 saturated heterocycles. The highest BCUT2D eigenvalue weighted by molar-refractivity contribution is 6.01. The van der Waals surface area contributed by atoms with Crippen molar-refractivity contribution in [2.75, 3.05) is 11.1 Å². The van der Waals surface area contributed by atoms with Gasteiger partial charge in [0.15, 0.2) is 5.82 Å². The van der Waals surface area contributed by atoms with E-state index in [4.69, 9.17) is 10.5 Å². The first kappa shape index (κ1) is 26.4. The predicted molar refractivity (Wildman–Crippen MR) is 149 cm³/mol. The maximum Gasteiger partial charge on any atom is 0.573 e. The zero-order valence-electron chi connectivity index (χ0n) is 21.4. The SMILES string of the molecule is Nc1nccc(-c2cccnc2Oc2ccc(Nc3nnc(-c4ccccc4OC(F)(F)F)c4ccccc34)cn2)n1. The molecular formula is C29H19F3N8O2. The Kier molecular flexibility index (Phi) is 6.88. The van der Waals surface area contributed by atoms with Crippen LogP contribution in [0.15, 0.2) is 97.5 Å². The number of nitrogens with two attached hydrogens (primary N) is 1. The van der Waals surface area contributed by atoms with Crippen LogP contribution in [0.4, 0.5) is 30.6 Å². The number of nitrogens with one attached hydrogen (secondary N) is 1. The fourth-order valence-electron chi connectivity index (χ4n) is 4.21. The summed E-state index contributed by atoms with van der Waals surface area (Å²) < 4.78 is 49.2. The summed E-state index contributed by atoms with van der Waals surface area (Å²) in [6, 6.07) is 21.5. The van der Waals surface area contributed by atoms with Gasteiger partial charge in [0.2, 0.25) is 17.7 Å². The Balaban J connectivity index is 1.27. The molecule has 6 aromatic rings. The number of fused-ring (bicyclic) bond motifs is 1. The van der Waals surface area contributed by atoms with Crippen molar-refractivity contribution >= 4 is 28.2 Å². The number of benzene rings is 2. The molecule has 2 aromatic carbocycles. The summed E-state index contributed by atoms with van der Waals surface area (Å²) >= 11 is 0. The molecule has 3 N–H and O–H groups in total. The first-order valence-corrected chi connectivity index (χ1v) is 12.4. The summed E-state index contributed by atoms with van der Waals surface area (Å²) in [4.78, 5) is 16.8. The van der Waals surface area contributed by atoms with Gasteiger partial charge in [0.05, 0.1) is 23.1 Å². The minimum atomic E-state index is -4.86. The number of pyridine rings is 2. The van der Waals surface area contributed by atoms with Crippen LogP contribution < -0.4 is 20.5 Å². The van der Waals surface area contributed by atoms with Gasteiger partial charge in [0.1, 0.15) is 11.4 Å². The number of anilines is 3. The molecule has 42 heavy (non-hydrogen) atoms. The van der Waals surface area contributed by atoms with Crippen molar-refractivity contribution in [1.82, 2.24) is 30.1 Å². The highest BCUT2D eigenvalue weighted by atomic mass is 19.4. The Morgan fingerprint density at radius 2 is 1.52 bits per heavy atom. The summed E-state index contributed by atoms with van der Waals surface area (Å²) in [5.41, 5.74) is 7.85. The van der Waals surface area contributed by atoms with Crippen molar-refractivity contribution in [1.29, 1.82) is 0 Å². The third-order valence-electron chi connectivity index (χ3n) is 5.98. The monoisotopic (exact) mass is 568 g/mol. The van der Waals surface area contributed by atoms with Crippen LogP contribution in [0.1, 0.15) is 0 Å². The Morgan fingerprint density at radius 1 is 0.738 bits per heavy atom.